The molecular weight excluding hydrogens is 311 g/mol. The second kappa shape index (κ2) is 6.16. The van der Waals surface area contributed by atoms with E-state index < -0.39 is 0 Å². The van der Waals surface area contributed by atoms with Crippen molar-refractivity contribution < 1.29 is 9.32 Å². The summed E-state index contributed by atoms with van der Waals surface area (Å²) in [5.74, 6) is 1.08. The third-order valence-corrected chi connectivity index (χ3v) is 4.16. The highest BCUT2D eigenvalue weighted by molar-refractivity contribution is 6.35. The monoisotopic (exact) mass is 324 g/mol. The van der Waals surface area contributed by atoms with Crippen LogP contribution in [0.4, 0.5) is 0 Å². The van der Waals surface area contributed by atoms with Crippen LogP contribution in [-0.4, -0.2) is 15.9 Å². The molecule has 1 aliphatic carbocycles. The van der Waals surface area contributed by atoms with E-state index in [1.807, 2.05) is 0 Å². The maximum atomic E-state index is 12.1. The van der Waals surface area contributed by atoms with Gasteiger partial charge in [0.05, 0.1) is 6.42 Å². The van der Waals surface area contributed by atoms with E-state index in [0.717, 1.165) is 25.7 Å². The second-order valence-electron chi connectivity index (χ2n) is 5.29. The van der Waals surface area contributed by atoms with Crippen LogP contribution in [-0.2, 0) is 11.2 Å². The number of Topliss-reactive ketones (excluding diaryl/α,β-unsaturated/α-hetero) is 1. The van der Waals surface area contributed by atoms with Gasteiger partial charge in [0.15, 0.2) is 0 Å². The summed E-state index contributed by atoms with van der Waals surface area (Å²) in [6.45, 7) is 0. The lowest BCUT2D eigenvalue weighted by Crippen LogP contribution is -2.13. The van der Waals surface area contributed by atoms with Gasteiger partial charge in [-0.3, -0.25) is 4.79 Å². The molecule has 0 aliphatic heterocycles. The molecule has 0 unspecified atom stereocenters. The number of carbonyl (C=O) groups excluding carboxylic acids is 1. The lowest BCUT2D eigenvalue weighted by atomic mass is 10.0. The topological polar surface area (TPSA) is 56.0 Å². The molecule has 0 amide bonds. The van der Waals surface area contributed by atoms with Crippen molar-refractivity contribution in [2.24, 2.45) is 5.92 Å². The fraction of sp³-hybridized carbons (Fsp3) is 0.400. The predicted molar refractivity (Wildman–Crippen MR) is 80.4 cm³/mol. The molecule has 1 fully saturated rings. The largest absolute Gasteiger partial charge is 0.339 e. The molecule has 0 saturated heterocycles. The zero-order valence-corrected chi connectivity index (χ0v) is 12.8. The summed E-state index contributed by atoms with van der Waals surface area (Å²) in [4.78, 5) is 16.4. The third-order valence-electron chi connectivity index (χ3n) is 3.72. The Morgan fingerprint density at radius 1 is 1.19 bits per heavy atom. The van der Waals surface area contributed by atoms with Gasteiger partial charge in [-0.2, -0.15) is 4.98 Å². The third kappa shape index (κ3) is 3.44. The van der Waals surface area contributed by atoms with Crippen LogP contribution in [0.5, 0.6) is 0 Å². The summed E-state index contributed by atoms with van der Waals surface area (Å²) in [5, 5.41) is 4.90. The molecule has 1 heterocycles. The summed E-state index contributed by atoms with van der Waals surface area (Å²) in [6, 6.07) is 5.05. The standard InChI is InChI=1S/C15H14Cl2N2O2/c16-11-5-10(6-12(17)7-11)15-18-14(21-19-15)8-13(20)9-3-1-2-4-9/h5-7,9H,1-4,8H2. The zero-order valence-electron chi connectivity index (χ0n) is 11.3. The fourth-order valence-electron chi connectivity index (χ4n) is 2.67. The maximum absolute atomic E-state index is 12.1. The molecule has 1 aliphatic rings. The number of carbonyl (C=O) groups is 1. The van der Waals surface area contributed by atoms with Crippen LogP contribution in [0, 0.1) is 5.92 Å². The molecule has 1 aromatic carbocycles. The molecule has 21 heavy (non-hydrogen) atoms. The number of aromatic nitrogens is 2. The molecule has 2 aromatic rings. The van der Waals surface area contributed by atoms with Gasteiger partial charge in [-0.25, -0.2) is 0 Å². The molecule has 1 aromatic heterocycles. The number of ketones is 1. The van der Waals surface area contributed by atoms with E-state index >= 15 is 0 Å². The highest BCUT2D eigenvalue weighted by atomic mass is 35.5. The van der Waals surface area contributed by atoms with Gasteiger partial charge in [-0.1, -0.05) is 41.2 Å². The predicted octanol–water partition coefficient (Wildman–Crippen LogP) is 4.35. The number of nitrogens with zero attached hydrogens (tertiary/aromatic N) is 2. The van der Waals surface area contributed by atoms with Gasteiger partial charge in [0.1, 0.15) is 5.78 Å². The van der Waals surface area contributed by atoms with E-state index in [0.29, 0.717) is 27.3 Å². The number of hydrogen-bond donors (Lipinski definition) is 0. The molecule has 4 nitrogen and oxygen atoms in total. The van der Waals surface area contributed by atoms with Crippen LogP contribution in [0.2, 0.25) is 10.0 Å². The average Bonchev–Trinajstić information content (AvgIpc) is 3.08. The van der Waals surface area contributed by atoms with E-state index in [-0.39, 0.29) is 18.1 Å². The van der Waals surface area contributed by atoms with Gasteiger partial charge < -0.3 is 4.52 Å². The second-order valence-corrected chi connectivity index (χ2v) is 6.17. The first-order chi connectivity index (χ1) is 10.1. The average molecular weight is 325 g/mol. The molecule has 0 radical (unpaired) electrons. The summed E-state index contributed by atoms with van der Waals surface area (Å²) >= 11 is 11.9. The number of rotatable bonds is 4. The van der Waals surface area contributed by atoms with Gasteiger partial charge in [-0.05, 0) is 31.0 Å². The highest BCUT2D eigenvalue weighted by Crippen LogP contribution is 2.28. The lowest BCUT2D eigenvalue weighted by Gasteiger charge is -2.04. The van der Waals surface area contributed by atoms with Crippen LogP contribution >= 0.6 is 23.2 Å². The summed E-state index contributed by atoms with van der Waals surface area (Å²) in [5.41, 5.74) is 0.677. The molecule has 0 bridgehead atoms. The van der Waals surface area contributed by atoms with Crippen LogP contribution in [0.15, 0.2) is 22.7 Å². The minimum Gasteiger partial charge on any atom is -0.339 e. The maximum Gasteiger partial charge on any atom is 0.234 e. The van der Waals surface area contributed by atoms with E-state index in [2.05, 4.69) is 10.1 Å². The first-order valence-corrected chi connectivity index (χ1v) is 7.69. The Morgan fingerprint density at radius 2 is 1.86 bits per heavy atom. The van der Waals surface area contributed by atoms with Crippen LogP contribution in [0.1, 0.15) is 31.6 Å². The summed E-state index contributed by atoms with van der Waals surface area (Å²) < 4.78 is 5.16. The normalized spacial score (nSPS) is 15.5. The van der Waals surface area contributed by atoms with Gasteiger partial charge in [0.25, 0.3) is 0 Å². The highest BCUT2D eigenvalue weighted by Gasteiger charge is 2.24. The smallest absolute Gasteiger partial charge is 0.234 e. The van der Waals surface area contributed by atoms with Crippen molar-refractivity contribution in [2.75, 3.05) is 0 Å². The number of hydrogen-bond acceptors (Lipinski definition) is 4. The Morgan fingerprint density at radius 3 is 2.52 bits per heavy atom. The van der Waals surface area contributed by atoms with Crippen molar-refractivity contribution in [3.63, 3.8) is 0 Å². The Kier molecular flexibility index (Phi) is 4.27. The number of halogens is 2. The fourth-order valence-corrected chi connectivity index (χ4v) is 3.19. The Bertz CT molecular complexity index is 643. The van der Waals surface area contributed by atoms with Crippen molar-refractivity contribution in [3.8, 4) is 11.4 Å². The van der Waals surface area contributed by atoms with E-state index in [1.165, 1.54) is 0 Å². The molecule has 110 valence electrons. The van der Waals surface area contributed by atoms with Crippen LogP contribution in [0.3, 0.4) is 0 Å². The first kappa shape index (κ1) is 14.5. The lowest BCUT2D eigenvalue weighted by molar-refractivity contribution is -0.122. The molecular formula is C15H14Cl2N2O2. The van der Waals surface area contributed by atoms with Gasteiger partial charge in [0.2, 0.25) is 11.7 Å². The zero-order chi connectivity index (χ0) is 14.8. The quantitative estimate of drug-likeness (QED) is 0.839. The van der Waals surface area contributed by atoms with E-state index in [9.17, 15) is 4.79 Å². The van der Waals surface area contributed by atoms with Crippen molar-refractivity contribution in [1.29, 1.82) is 0 Å². The Balaban J connectivity index is 1.75. The SMILES string of the molecule is O=C(Cc1nc(-c2cc(Cl)cc(Cl)c2)no1)C1CCCC1. The van der Waals surface area contributed by atoms with Crippen molar-refractivity contribution >= 4 is 29.0 Å². The van der Waals surface area contributed by atoms with Gasteiger partial charge in [0, 0.05) is 21.5 Å². The molecule has 6 heteroatoms. The Hall–Kier alpha value is -1.39. The summed E-state index contributed by atoms with van der Waals surface area (Å²) in [6.07, 6.45) is 4.42. The molecule has 0 N–H and O–H groups in total. The van der Waals surface area contributed by atoms with E-state index in [4.69, 9.17) is 27.7 Å². The van der Waals surface area contributed by atoms with Gasteiger partial charge >= 0.3 is 0 Å². The minimum absolute atomic E-state index is 0.154. The minimum atomic E-state index is 0.154. The number of benzene rings is 1. The van der Waals surface area contributed by atoms with Crippen molar-refractivity contribution in [2.45, 2.75) is 32.1 Å². The molecule has 0 atom stereocenters. The van der Waals surface area contributed by atoms with Crippen molar-refractivity contribution in [1.82, 2.24) is 10.1 Å². The van der Waals surface area contributed by atoms with Crippen LogP contribution < -0.4 is 0 Å². The van der Waals surface area contributed by atoms with Crippen molar-refractivity contribution in [3.05, 3.63) is 34.1 Å². The summed E-state index contributed by atoms with van der Waals surface area (Å²) in [7, 11) is 0. The van der Waals surface area contributed by atoms with Gasteiger partial charge in [-0.15, -0.1) is 0 Å². The van der Waals surface area contributed by atoms with E-state index in [1.54, 1.807) is 18.2 Å². The molecule has 3 rings (SSSR count). The molecule has 0 spiro atoms. The first-order valence-electron chi connectivity index (χ1n) is 6.93. The Labute approximate surface area is 132 Å². The van der Waals surface area contributed by atoms with Crippen LogP contribution in [0.25, 0.3) is 11.4 Å². The molecule has 1 saturated carbocycles.